The van der Waals surface area contributed by atoms with Crippen molar-refractivity contribution in [2.45, 2.75) is 37.9 Å². The molecule has 0 spiro atoms. The number of rotatable bonds is 8. The number of hydrogen-bond acceptors (Lipinski definition) is 4. The smallest absolute Gasteiger partial charge is 0.303 e. The first-order valence-electron chi connectivity index (χ1n) is 6.32. The molecule has 2 unspecified atom stereocenters. The molecule has 0 fully saturated rings. The van der Waals surface area contributed by atoms with Gasteiger partial charge in [0.1, 0.15) is 6.10 Å². The van der Waals surface area contributed by atoms with E-state index in [4.69, 9.17) is 5.11 Å². The van der Waals surface area contributed by atoms with Crippen molar-refractivity contribution in [3.63, 3.8) is 0 Å². The SMILES string of the molecule is O=C(O)CCCc1ccc(C(O)C(O)CCS)cc1. The minimum Gasteiger partial charge on any atom is -0.481 e. The zero-order chi connectivity index (χ0) is 14.3. The number of benzene rings is 1. The van der Waals surface area contributed by atoms with E-state index < -0.39 is 18.2 Å². The van der Waals surface area contributed by atoms with Gasteiger partial charge in [-0.1, -0.05) is 24.3 Å². The van der Waals surface area contributed by atoms with Gasteiger partial charge in [0.25, 0.3) is 0 Å². The average molecular weight is 284 g/mol. The van der Waals surface area contributed by atoms with Crippen LogP contribution in [0.5, 0.6) is 0 Å². The second-order valence-corrected chi connectivity index (χ2v) is 4.96. The van der Waals surface area contributed by atoms with Gasteiger partial charge in [-0.2, -0.15) is 12.6 Å². The van der Waals surface area contributed by atoms with Crippen LogP contribution in [0.15, 0.2) is 24.3 Å². The molecular weight excluding hydrogens is 264 g/mol. The Labute approximate surface area is 118 Å². The average Bonchev–Trinajstić information content (AvgIpc) is 2.38. The molecule has 1 aromatic rings. The van der Waals surface area contributed by atoms with Crippen molar-refractivity contribution in [2.75, 3.05) is 5.75 Å². The molecule has 1 aromatic carbocycles. The predicted molar refractivity (Wildman–Crippen MR) is 76.5 cm³/mol. The topological polar surface area (TPSA) is 77.8 Å². The van der Waals surface area contributed by atoms with E-state index in [0.717, 1.165) is 5.56 Å². The number of thiol groups is 1. The van der Waals surface area contributed by atoms with Gasteiger partial charge in [0, 0.05) is 6.42 Å². The van der Waals surface area contributed by atoms with E-state index in [1.165, 1.54) is 0 Å². The predicted octanol–water partition coefficient (Wildman–Crippen LogP) is 1.81. The Balaban J connectivity index is 2.53. The van der Waals surface area contributed by atoms with Crippen molar-refractivity contribution in [1.29, 1.82) is 0 Å². The summed E-state index contributed by atoms with van der Waals surface area (Å²) >= 11 is 4.02. The third-order valence-corrected chi connectivity index (χ3v) is 3.22. The normalized spacial score (nSPS) is 14.1. The van der Waals surface area contributed by atoms with Gasteiger partial charge in [-0.3, -0.25) is 4.79 Å². The van der Waals surface area contributed by atoms with E-state index in [9.17, 15) is 15.0 Å². The summed E-state index contributed by atoms with van der Waals surface area (Å²) in [5, 5.41) is 28.1. The highest BCUT2D eigenvalue weighted by molar-refractivity contribution is 7.80. The van der Waals surface area contributed by atoms with Crippen molar-refractivity contribution < 1.29 is 20.1 Å². The lowest BCUT2D eigenvalue weighted by atomic mass is 10.00. The molecule has 0 amide bonds. The molecule has 0 aliphatic rings. The molecule has 0 saturated carbocycles. The quantitative estimate of drug-likeness (QED) is 0.549. The Morgan fingerprint density at radius 1 is 1.21 bits per heavy atom. The molecule has 3 N–H and O–H groups in total. The van der Waals surface area contributed by atoms with Gasteiger partial charge in [0.2, 0.25) is 0 Å². The van der Waals surface area contributed by atoms with Crippen LogP contribution in [0.1, 0.15) is 36.5 Å². The van der Waals surface area contributed by atoms with Gasteiger partial charge in [0.05, 0.1) is 6.10 Å². The van der Waals surface area contributed by atoms with E-state index in [0.29, 0.717) is 30.6 Å². The Morgan fingerprint density at radius 3 is 2.37 bits per heavy atom. The second-order valence-electron chi connectivity index (χ2n) is 4.51. The summed E-state index contributed by atoms with van der Waals surface area (Å²) < 4.78 is 0. The highest BCUT2D eigenvalue weighted by atomic mass is 32.1. The molecule has 4 nitrogen and oxygen atoms in total. The maximum Gasteiger partial charge on any atom is 0.303 e. The van der Waals surface area contributed by atoms with Crippen LogP contribution in [0.25, 0.3) is 0 Å². The number of aliphatic hydroxyl groups is 2. The largest absolute Gasteiger partial charge is 0.481 e. The molecule has 0 bridgehead atoms. The summed E-state index contributed by atoms with van der Waals surface area (Å²) in [7, 11) is 0. The summed E-state index contributed by atoms with van der Waals surface area (Å²) in [5.74, 6) is -0.271. The number of carboxylic acid groups (broad SMARTS) is 1. The highest BCUT2D eigenvalue weighted by Crippen LogP contribution is 2.20. The molecular formula is C14H20O4S. The zero-order valence-electron chi connectivity index (χ0n) is 10.7. The Kier molecular flexibility index (Phi) is 6.91. The molecule has 106 valence electrons. The Morgan fingerprint density at radius 2 is 1.84 bits per heavy atom. The summed E-state index contributed by atoms with van der Waals surface area (Å²) in [6, 6.07) is 7.24. The molecule has 1 rings (SSSR count). The van der Waals surface area contributed by atoms with E-state index >= 15 is 0 Å². The summed E-state index contributed by atoms with van der Waals surface area (Å²) in [4.78, 5) is 10.4. The molecule has 2 atom stereocenters. The van der Waals surface area contributed by atoms with Gasteiger partial charge >= 0.3 is 5.97 Å². The van der Waals surface area contributed by atoms with Crippen molar-refractivity contribution in [3.05, 3.63) is 35.4 Å². The fourth-order valence-corrected chi connectivity index (χ4v) is 2.10. The molecule has 19 heavy (non-hydrogen) atoms. The fourth-order valence-electron chi connectivity index (χ4n) is 1.84. The van der Waals surface area contributed by atoms with Gasteiger partial charge in [-0.15, -0.1) is 0 Å². The van der Waals surface area contributed by atoms with Crippen LogP contribution in [0, 0.1) is 0 Å². The molecule has 0 aromatic heterocycles. The van der Waals surface area contributed by atoms with Gasteiger partial charge in [-0.05, 0) is 36.1 Å². The van der Waals surface area contributed by atoms with Crippen LogP contribution in [-0.2, 0) is 11.2 Å². The summed E-state index contributed by atoms with van der Waals surface area (Å²) in [6.07, 6.45) is 0.174. The molecule has 0 saturated heterocycles. The van der Waals surface area contributed by atoms with Crippen molar-refractivity contribution >= 4 is 18.6 Å². The van der Waals surface area contributed by atoms with Crippen LogP contribution in [0.4, 0.5) is 0 Å². The van der Waals surface area contributed by atoms with Crippen LogP contribution < -0.4 is 0 Å². The maximum absolute atomic E-state index is 10.4. The van der Waals surface area contributed by atoms with Crippen molar-refractivity contribution in [2.24, 2.45) is 0 Å². The number of aliphatic carboxylic acids is 1. The van der Waals surface area contributed by atoms with E-state index in [-0.39, 0.29) is 6.42 Å². The number of carbonyl (C=O) groups is 1. The van der Waals surface area contributed by atoms with Crippen LogP contribution in [0.3, 0.4) is 0 Å². The molecule has 0 aliphatic heterocycles. The third kappa shape index (κ3) is 5.63. The monoisotopic (exact) mass is 284 g/mol. The minimum absolute atomic E-state index is 0.158. The maximum atomic E-state index is 10.4. The highest BCUT2D eigenvalue weighted by Gasteiger charge is 2.17. The molecule has 0 heterocycles. The first kappa shape index (κ1) is 16.0. The van der Waals surface area contributed by atoms with E-state index in [1.54, 1.807) is 12.1 Å². The Hall–Kier alpha value is -1.04. The van der Waals surface area contributed by atoms with Crippen LogP contribution in [-0.4, -0.2) is 33.1 Å². The first-order chi connectivity index (χ1) is 9.04. The summed E-state index contributed by atoms with van der Waals surface area (Å²) in [6.45, 7) is 0. The molecule has 0 radical (unpaired) electrons. The molecule has 0 aliphatic carbocycles. The van der Waals surface area contributed by atoms with Gasteiger partial charge in [-0.25, -0.2) is 0 Å². The van der Waals surface area contributed by atoms with Crippen LogP contribution in [0.2, 0.25) is 0 Å². The number of aryl methyl sites for hydroxylation is 1. The number of hydrogen-bond donors (Lipinski definition) is 4. The first-order valence-corrected chi connectivity index (χ1v) is 6.95. The lowest BCUT2D eigenvalue weighted by molar-refractivity contribution is -0.137. The number of aliphatic hydroxyl groups excluding tert-OH is 2. The lowest BCUT2D eigenvalue weighted by Gasteiger charge is -2.17. The molecule has 5 heteroatoms. The lowest BCUT2D eigenvalue weighted by Crippen LogP contribution is -2.18. The van der Waals surface area contributed by atoms with Gasteiger partial charge < -0.3 is 15.3 Å². The third-order valence-electron chi connectivity index (χ3n) is 2.97. The minimum atomic E-state index is -0.903. The summed E-state index contributed by atoms with van der Waals surface area (Å²) in [5.41, 5.74) is 1.69. The standard InChI is InChI=1S/C14H20O4S/c15-12(8-9-19)14(18)11-6-4-10(5-7-11)2-1-3-13(16)17/h4-7,12,14-15,18-19H,1-3,8-9H2,(H,16,17). The van der Waals surface area contributed by atoms with Crippen molar-refractivity contribution in [3.8, 4) is 0 Å². The second kappa shape index (κ2) is 8.19. The number of carboxylic acids is 1. The van der Waals surface area contributed by atoms with Crippen LogP contribution >= 0.6 is 12.6 Å². The van der Waals surface area contributed by atoms with Gasteiger partial charge in [0.15, 0.2) is 0 Å². The zero-order valence-corrected chi connectivity index (χ0v) is 11.6. The van der Waals surface area contributed by atoms with E-state index in [1.807, 2.05) is 12.1 Å². The Bertz CT molecular complexity index is 391. The fraction of sp³-hybridized carbons (Fsp3) is 0.500. The van der Waals surface area contributed by atoms with E-state index in [2.05, 4.69) is 12.6 Å². The van der Waals surface area contributed by atoms with Crippen molar-refractivity contribution in [1.82, 2.24) is 0 Å².